The van der Waals surface area contributed by atoms with E-state index in [1.165, 1.54) is 62.6 Å². The van der Waals surface area contributed by atoms with E-state index in [1.807, 2.05) is 19.9 Å². The summed E-state index contributed by atoms with van der Waals surface area (Å²) in [4.78, 5) is 137. The fourth-order valence-corrected chi connectivity index (χ4v) is 12.6. The summed E-state index contributed by atoms with van der Waals surface area (Å²) in [6.07, 6.45) is -6.46. The van der Waals surface area contributed by atoms with Crippen LogP contribution in [-0.2, 0) is 91.1 Å². The number of benzene rings is 2. The maximum Gasteiger partial charge on any atom is 0.410 e. The lowest BCUT2D eigenvalue weighted by Gasteiger charge is -2.41. The number of aliphatic hydroxyl groups excluding tert-OH is 3. The first-order chi connectivity index (χ1) is 47.0. The van der Waals surface area contributed by atoms with Crippen molar-refractivity contribution in [1.82, 2.24) is 30.7 Å². The summed E-state index contributed by atoms with van der Waals surface area (Å²) in [6, 6.07) is 8.36. The number of aliphatic hydroxyl groups is 3. The number of carbonyl (C=O) groups is 10. The Morgan fingerprint density at radius 1 is 0.798 bits per heavy atom. The van der Waals surface area contributed by atoms with Gasteiger partial charge in [0.05, 0.1) is 75.0 Å². The molecule has 3 heterocycles. The van der Waals surface area contributed by atoms with Crippen LogP contribution < -0.4 is 20.7 Å². The van der Waals surface area contributed by atoms with Gasteiger partial charge in [0.1, 0.15) is 60.1 Å². The number of amides is 6. The third-order valence-corrected chi connectivity index (χ3v) is 18.2. The van der Waals surface area contributed by atoms with Crippen LogP contribution in [-0.4, -0.2) is 234 Å². The number of hydrogen-bond acceptors (Lipinski definition) is 21. The van der Waals surface area contributed by atoms with Gasteiger partial charge in [0.25, 0.3) is 0 Å². The van der Waals surface area contributed by atoms with E-state index in [2.05, 4.69) is 16.0 Å². The molecule has 6 unspecified atom stereocenters. The number of rotatable bonds is 37. The van der Waals surface area contributed by atoms with Gasteiger partial charge in [-0.3, -0.25) is 38.5 Å². The van der Waals surface area contributed by atoms with Crippen molar-refractivity contribution < 1.29 is 111 Å². The zero-order valence-electron chi connectivity index (χ0n) is 58.1. The molecule has 6 amide bonds. The topological polar surface area (TPSA) is 395 Å². The third-order valence-electron chi connectivity index (χ3n) is 18.2. The SMILES string of the molecule is CCC(C)[C@@H](C(CC(=O)N1CCCC1C(OC)C(C)C(=O)NC(Cc1ccccc1)C(=O)O)OC)N(C)C(=O)[C@@H](NC(=O)[C@H](C(C)C)N(C)C(=O)OCc1ccc(O[C@@H]2O[C@H](C(=O)O)[C@@H](O)[C@H](O)[C@H]2O)c2cc(CNC(=O)CCOCCOCCC3=CC(=O)C=CC(=O)C3)oc12)C(C)C. The number of carbonyl (C=O) groups excluding carboxylic acids is 8. The molecule has 6 rings (SSSR count). The summed E-state index contributed by atoms with van der Waals surface area (Å²) in [7, 11) is 5.84. The van der Waals surface area contributed by atoms with E-state index in [0.29, 0.717) is 37.8 Å². The summed E-state index contributed by atoms with van der Waals surface area (Å²) < 4.78 is 46.4. The van der Waals surface area contributed by atoms with Crippen molar-refractivity contribution in [2.45, 2.75) is 186 Å². The number of nitrogens with one attached hydrogen (secondary N) is 3. The Labute approximate surface area is 575 Å². The number of ether oxygens (including phenoxy) is 7. The van der Waals surface area contributed by atoms with E-state index in [9.17, 15) is 73.5 Å². The molecule has 29 nitrogen and oxygen atoms in total. The molecule has 8 N–H and O–H groups in total. The molecule has 2 fully saturated rings. The van der Waals surface area contributed by atoms with Crippen LogP contribution in [0, 0.1) is 23.7 Å². The van der Waals surface area contributed by atoms with Crippen LogP contribution in [0.2, 0.25) is 0 Å². The lowest BCUT2D eigenvalue weighted by Crippen LogP contribution is -2.61. The van der Waals surface area contributed by atoms with Gasteiger partial charge in [0.15, 0.2) is 17.7 Å². The van der Waals surface area contributed by atoms with Crippen LogP contribution in [0.25, 0.3) is 11.0 Å². The van der Waals surface area contributed by atoms with Crippen LogP contribution in [0.15, 0.2) is 76.7 Å². The van der Waals surface area contributed by atoms with Crippen molar-refractivity contribution in [3.63, 3.8) is 0 Å². The van der Waals surface area contributed by atoms with Gasteiger partial charge in [-0.05, 0) is 79.0 Å². The predicted molar refractivity (Wildman–Crippen MR) is 355 cm³/mol. The fraction of sp³-hybridized carbons (Fsp3) is 0.600. The number of ketones is 2. The molecule has 1 aliphatic carbocycles. The number of carboxylic acids is 2. The van der Waals surface area contributed by atoms with Gasteiger partial charge < -0.3 is 88.9 Å². The van der Waals surface area contributed by atoms with Crippen molar-refractivity contribution in [2.75, 3.05) is 61.3 Å². The van der Waals surface area contributed by atoms with Gasteiger partial charge in [0.2, 0.25) is 35.8 Å². The number of likely N-dealkylation sites (tertiary alicyclic amines) is 1. The Morgan fingerprint density at radius 2 is 1.49 bits per heavy atom. The Kier molecular flexibility index (Phi) is 30.5. The molecular weight excluding hydrogens is 1290 g/mol. The molecule has 3 aromatic rings. The zero-order valence-corrected chi connectivity index (χ0v) is 58.1. The Morgan fingerprint density at radius 3 is 2.13 bits per heavy atom. The van der Waals surface area contributed by atoms with Crippen LogP contribution in [0.4, 0.5) is 4.79 Å². The first-order valence-corrected chi connectivity index (χ1v) is 33.4. The number of furan rings is 1. The molecule has 2 aromatic carbocycles. The number of carboxylic acid groups (broad SMARTS) is 2. The van der Waals surface area contributed by atoms with Crippen molar-refractivity contribution in [3.05, 3.63) is 89.2 Å². The van der Waals surface area contributed by atoms with E-state index >= 15 is 0 Å². The second-order valence-corrected chi connectivity index (χ2v) is 26.0. The highest BCUT2D eigenvalue weighted by Crippen LogP contribution is 2.36. The van der Waals surface area contributed by atoms with E-state index in [4.69, 9.17) is 37.6 Å². The minimum Gasteiger partial charge on any atom is -0.480 e. The van der Waals surface area contributed by atoms with E-state index in [0.717, 1.165) is 10.5 Å². The van der Waals surface area contributed by atoms with Crippen molar-refractivity contribution in [1.29, 1.82) is 0 Å². The fourth-order valence-electron chi connectivity index (χ4n) is 12.6. The van der Waals surface area contributed by atoms with Gasteiger partial charge in [-0.15, -0.1) is 0 Å². The maximum atomic E-state index is 14.9. The molecule has 0 bridgehead atoms. The van der Waals surface area contributed by atoms with Crippen molar-refractivity contribution in [2.24, 2.45) is 23.7 Å². The third kappa shape index (κ3) is 21.7. The molecule has 0 spiro atoms. The number of likely N-dealkylation sites (N-methyl/N-ethyl adjacent to an activating group) is 2. The minimum absolute atomic E-state index is 0.0214. The van der Waals surface area contributed by atoms with Gasteiger partial charge in [-0.25, -0.2) is 14.4 Å². The lowest BCUT2D eigenvalue weighted by atomic mass is 9.89. The van der Waals surface area contributed by atoms with Gasteiger partial charge in [-0.1, -0.05) is 90.8 Å². The summed E-state index contributed by atoms with van der Waals surface area (Å²) in [5.74, 6) is -7.83. The molecule has 0 radical (unpaired) electrons. The molecule has 3 aliphatic rings. The lowest BCUT2D eigenvalue weighted by molar-refractivity contribution is -0.270. The van der Waals surface area contributed by atoms with E-state index in [-0.39, 0.29) is 110 Å². The zero-order chi connectivity index (χ0) is 72.9. The molecule has 2 aliphatic heterocycles. The molecule has 1 aromatic heterocycles. The molecule has 14 atom stereocenters. The molecule has 0 saturated carbocycles. The predicted octanol–water partition coefficient (Wildman–Crippen LogP) is 3.62. The molecular formula is C70H98N6O23. The van der Waals surface area contributed by atoms with Crippen molar-refractivity contribution >= 4 is 70.1 Å². The Hall–Kier alpha value is -8.16. The first kappa shape index (κ1) is 79.8. The summed E-state index contributed by atoms with van der Waals surface area (Å²) >= 11 is 0. The summed E-state index contributed by atoms with van der Waals surface area (Å²) in [6.45, 7) is 12.7. The highest BCUT2D eigenvalue weighted by Gasteiger charge is 2.49. The highest BCUT2D eigenvalue weighted by atomic mass is 16.7. The second-order valence-electron chi connectivity index (χ2n) is 26.0. The molecule has 2 saturated heterocycles. The quantitative estimate of drug-likeness (QED) is 0.0382. The molecule has 99 heavy (non-hydrogen) atoms. The van der Waals surface area contributed by atoms with Crippen LogP contribution in [0.5, 0.6) is 5.75 Å². The average molecular weight is 1390 g/mol. The number of hydrogen-bond donors (Lipinski definition) is 8. The van der Waals surface area contributed by atoms with Gasteiger partial charge in [0, 0.05) is 59.7 Å². The van der Waals surface area contributed by atoms with E-state index < -0.39 is 139 Å². The number of allylic oxidation sites excluding steroid dienone is 3. The average Bonchev–Trinajstić information content (AvgIpc) is 1.71. The summed E-state index contributed by atoms with van der Waals surface area (Å²) in [5.41, 5.74) is 1.66. The monoisotopic (exact) mass is 1390 g/mol. The standard InChI is InChI=1S/C70H98N6O23/c1-12-40(6)57(52(92-10)35-54(80)76-26-16-19-50(76)61(93-11)41(7)64(84)72-49(67(87)88)33-42-17-14-13-15-18-42)74(8)66(86)55(38(2)3)73-65(85)56(39(4)5)75(9)70(91)96-37-44-20-23-51(98-69-60(83)58(81)59(82)63(99-69)68(89)90)48-34-47(97-62(44)48)36-71-53(79)25-28-95-30-29-94-27-24-43-31-45(77)21-22-46(78)32-43/h13-15,17-18,20-23,31,34,38-41,49-50,52,55-61,63,69,81-83H,12,16,19,24-30,32-33,35-37H2,1-11H3,(H,71,79)(H,72,84)(H,73,85)(H,87,88)(H,89,90)/t40?,41?,49?,50?,52?,55-,56-,57-,58-,59-,60+,61?,63-,69+/m0/s1. The van der Waals surface area contributed by atoms with Crippen LogP contribution in [0.1, 0.15) is 110 Å². The second kappa shape index (κ2) is 37.9. The number of aliphatic carboxylic acids is 2. The van der Waals surface area contributed by atoms with Gasteiger partial charge >= 0.3 is 18.0 Å². The Bertz CT molecular complexity index is 3340. The largest absolute Gasteiger partial charge is 0.480 e. The minimum atomic E-state index is -2.01. The number of methoxy groups -OCH3 is 2. The maximum absolute atomic E-state index is 14.9. The molecule has 29 heteroatoms. The van der Waals surface area contributed by atoms with Crippen molar-refractivity contribution in [3.8, 4) is 5.75 Å². The smallest absolute Gasteiger partial charge is 0.410 e. The van der Waals surface area contributed by atoms with Gasteiger partial charge in [-0.2, -0.15) is 0 Å². The normalized spacial score (nSPS) is 21.1. The number of fused-ring (bicyclic) bond motifs is 1. The van der Waals surface area contributed by atoms with E-state index in [1.54, 1.807) is 70.8 Å². The summed E-state index contributed by atoms with van der Waals surface area (Å²) in [5, 5.41) is 59.9. The highest BCUT2D eigenvalue weighted by molar-refractivity contribution is 6.07. The number of nitrogens with zero attached hydrogens (tertiary/aromatic N) is 3. The van der Waals surface area contributed by atoms with Crippen LogP contribution >= 0.6 is 0 Å². The first-order valence-electron chi connectivity index (χ1n) is 33.4. The molecule has 546 valence electrons. The Balaban J connectivity index is 1.11. The van der Waals surface area contributed by atoms with Crippen LogP contribution in [0.3, 0.4) is 0 Å².